The maximum absolute atomic E-state index is 12.2. The molecule has 1 heterocycles. The van der Waals surface area contributed by atoms with Gasteiger partial charge in [-0.15, -0.1) is 0 Å². The van der Waals surface area contributed by atoms with E-state index in [1.807, 2.05) is 11.8 Å². The van der Waals surface area contributed by atoms with E-state index in [0.29, 0.717) is 24.8 Å². The number of carbonyl (C=O) groups excluding carboxylic acids is 1. The molecule has 0 aromatic rings. The van der Waals surface area contributed by atoms with Crippen LogP contribution in [0.25, 0.3) is 0 Å². The number of likely N-dealkylation sites (tertiary alicyclic amines) is 1. The first-order valence-electron chi connectivity index (χ1n) is 7.41. The minimum atomic E-state index is -0.789. The lowest BCUT2D eigenvalue weighted by molar-refractivity contribution is -0.143. The molecule has 2 aliphatic rings. The number of nitrogens with one attached hydrogen (secondary N) is 1. The molecule has 5 nitrogen and oxygen atoms in total. The molecule has 3 atom stereocenters. The minimum Gasteiger partial charge on any atom is -0.481 e. The van der Waals surface area contributed by atoms with Gasteiger partial charge in [0.1, 0.15) is 0 Å². The van der Waals surface area contributed by atoms with Crippen LogP contribution >= 0.6 is 11.8 Å². The van der Waals surface area contributed by atoms with Gasteiger partial charge in [-0.25, -0.2) is 4.79 Å². The zero-order valence-electron chi connectivity index (χ0n) is 12.0. The lowest BCUT2D eigenvalue weighted by atomic mass is 9.95. The number of amides is 2. The highest BCUT2D eigenvalue weighted by molar-refractivity contribution is 7.99. The molecular weight excluding hydrogens is 276 g/mol. The van der Waals surface area contributed by atoms with Crippen molar-refractivity contribution in [3.05, 3.63) is 0 Å². The summed E-state index contributed by atoms with van der Waals surface area (Å²) in [5.41, 5.74) is 0. The third-order valence-corrected chi connectivity index (χ3v) is 5.44. The number of carbonyl (C=O) groups is 2. The number of thioether (sulfide) groups is 1. The molecule has 114 valence electrons. The van der Waals surface area contributed by atoms with Crippen LogP contribution < -0.4 is 5.32 Å². The van der Waals surface area contributed by atoms with Gasteiger partial charge in [-0.05, 0) is 38.4 Å². The molecule has 1 aliphatic carbocycles. The number of piperidine rings is 1. The first-order valence-corrected chi connectivity index (χ1v) is 8.70. The third kappa shape index (κ3) is 4.04. The Bertz CT molecular complexity index is 364. The van der Waals surface area contributed by atoms with Crippen molar-refractivity contribution < 1.29 is 14.7 Å². The van der Waals surface area contributed by atoms with Crippen LogP contribution in [0.2, 0.25) is 0 Å². The van der Waals surface area contributed by atoms with Crippen molar-refractivity contribution in [2.75, 3.05) is 19.3 Å². The van der Waals surface area contributed by atoms with Crippen LogP contribution in [0.4, 0.5) is 4.79 Å². The molecule has 0 radical (unpaired) electrons. The predicted octanol–water partition coefficient (Wildman–Crippen LogP) is 2.17. The quantitative estimate of drug-likeness (QED) is 0.838. The number of carboxylic acid groups (broad SMARTS) is 1. The van der Waals surface area contributed by atoms with E-state index in [9.17, 15) is 9.59 Å². The molecule has 2 N–H and O–H groups in total. The Labute approximate surface area is 124 Å². The lowest BCUT2D eigenvalue weighted by Crippen LogP contribution is -2.50. The van der Waals surface area contributed by atoms with Crippen molar-refractivity contribution in [2.45, 2.75) is 49.8 Å². The van der Waals surface area contributed by atoms with Gasteiger partial charge in [-0.2, -0.15) is 11.8 Å². The number of carboxylic acids is 1. The van der Waals surface area contributed by atoms with E-state index in [2.05, 4.69) is 11.6 Å². The zero-order chi connectivity index (χ0) is 14.5. The predicted molar refractivity (Wildman–Crippen MR) is 80.0 cm³/mol. The third-order valence-electron chi connectivity index (χ3n) is 4.34. The van der Waals surface area contributed by atoms with Crippen LogP contribution in [-0.4, -0.2) is 52.6 Å². The molecule has 0 aromatic heterocycles. The topological polar surface area (TPSA) is 69.6 Å². The van der Waals surface area contributed by atoms with E-state index in [0.717, 1.165) is 25.7 Å². The van der Waals surface area contributed by atoms with Gasteiger partial charge in [0.25, 0.3) is 0 Å². The van der Waals surface area contributed by atoms with Crippen LogP contribution in [0.15, 0.2) is 0 Å². The van der Waals surface area contributed by atoms with Crippen LogP contribution in [0, 0.1) is 5.92 Å². The molecule has 2 rings (SSSR count). The zero-order valence-corrected chi connectivity index (χ0v) is 12.8. The number of urea groups is 1. The molecule has 2 unspecified atom stereocenters. The SMILES string of the molecule is CSC1CCCC(NC(=O)N2CCC[C@H](C(=O)O)C2)C1. The molecule has 6 heteroatoms. The number of aliphatic carboxylic acids is 1. The van der Waals surface area contributed by atoms with Crippen LogP contribution in [-0.2, 0) is 4.79 Å². The normalized spacial score (nSPS) is 30.9. The number of hydrogen-bond acceptors (Lipinski definition) is 3. The van der Waals surface area contributed by atoms with Gasteiger partial charge >= 0.3 is 12.0 Å². The van der Waals surface area contributed by atoms with Crippen LogP contribution in [0.1, 0.15) is 38.5 Å². The molecule has 1 aliphatic heterocycles. The Kier molecular flexibility index (Phi) is 5.57. The summed E-state index contributed by atoms with van der Waals surface area (Å²) in [6, 6.07) is 0.168. The summed E-state index contributed by atoms with van der Waals surface area (Å²) in [5.74, 6) is -1.19. The standard InChI is InChI=1S/C14H24N2O3S/c1-20-12-6-2-5-11(8-12)15-14(19)16-7-3-4-10(9-16)13(17)18/h10-12H,2-9H2,1H3,(H,15,19)(H,17,18)/t10-,11?,12?/m0/s1. The van der Waals surface area contributed by atoms with Gasteiger partial charge in [-0.3, -0.25) is 4.79 Å². The Balaban J connectivity index is 1.83. The average Bonchev–Trinajstić information content (AvgIpc) is 2.47. The summed E-state index contributed by atoms with van der Waals surface area (Å²) in [5, 5.41) is 12.8. The maximum Gasteiger partial charge on any atom is 0.317 e. The highest BCUT2D eigenvalue weighted by Gasteiger charge is 2.30. The second-order valence-corrected chi connectivity index (χ2v) is 6.93. The molecule has 2 amide bonds. The van der Waals surface area contributed by atoms with Crippen molar-refractivity contribution in [2.24, 2.45) is 5.92 Å². The highest BCUT2D eigenvalue weighted by Crippen LogP contribution is 2.27. The summed E-state index contributed by atoms with van der Waals surface area (Å²) in [6.45, 7) is 1.02. The van der Waals surface area contributed by atoms with Gasteiger partial charge in [-0.1, -0.05) is 6.42 Å². The van der Waals surface area contributed by atoms with Gasteiger partial charge in [0.2, 0.25) is 0 Å². The van der Waals surface area contributed by atoms with E-state index >= 15 is 0 Å². The van der Waals surface area contributed by atoms with Gasteiger partial charge < -0.3 is 15.3 Å². The van der Waals surface area contributed by atoms with E-state index in [1.165, 1.54) is 6.42 Å². The molecule has 2 fully saturated rings. The Morgan fingerprint density at radius 2 is 2.05 bits per heavy atom. The second-order valence-electron chi connectivity index (χ2n) is 5.79. The summed E-state index contributed by atoms with van der Waals surface area (Å²) in [4.78, 5) is 24.9. The Morgan fingerprint density at radius 1 is 1.25 bits per heavy atom. The second kappa shape index (κ2) is 7.20. The summed E-state index contributed by atoms with van der Waals surface area (Å²) in [6.07, 6.45) is 8.05. The van der Waals surface area contributed by atoms with Crippen molar-refractivity contribution in [1.82, 2.24) is 10.2 Å². The molecule has 0 bridgehead atoms. The van der Waals surface area contributed by atoms with Crippen LogP contribution in [0.3, 0.4) is 0 Å². The van der Waals surface area contributed by atoms with Gasteiger partial charge in [0, 0.05) is 24.4 Å². The van der Waals surface area contributed by atoms with E-state index in [-0.39, 0.29) is 12.1 Å². The van der Waals surface area contributed by atoms with Crippen LogP contribution in [0.5, 0.6) is 0 Å². The molecule has 1 saturated heterocycles. The first kappa shape index (κ1) is 15.5. The number of rotatable bonds is 3. The maximum atomic E-state index is 12.2. The molecule has 1 saturated carbocycles. The number of hydrogen-bond donors (Lipinski definition) is 2. The highest BCUT2D eigenvalue weighted by atomic mass is 32.2. The molecule has 0 aromatic carbocycles. The van der Waals surface area contributed by atoms with E-state index < -0.39 is 11.9 Å². The lowest BCUT2D eigenvalue weighted by Gasteiger charge is -2.34. The van der Waals surface area contributed by atoms with Crippen molar-refractivity contribution in [3.8, 4) is 0 Å². The number of nitrogens with zero attached hydrogens (tertiary/aromatic N) is 1. The fourth-order valence-electron chi connectivity index (χ4n) is 3.12. The summed E-state index contributed by atoms with van der Waals surface area (Å²) in [7, 11) is 0. The largest absolute Gasteiger partial charge is 0.481 e. The fraction of sp³-hybridized carbons (Fsp3) is 0.857. The first-order chi connectivity index (χ1) is 9.60. The van der Waals surface area contributed by atoms with E-state index in [1.54, 1.807) is 4.90 Å². The van der Waals surface area contributed by atoms with Crippen molar-refractivity contribution >= 4 is 23.8 Å². The fourth-order valence-corrected chi connectivity index (χ4v) is 3.95. The monoisotopic (exact) mass is 300 g/mol. The summed E-state index contributed by atoms with van der Waals surface area (Å²) < 4.78 is 0. The smallest absolute Gasteiger partial charge is 0.317 e. The Hall–Kier alpha value is -0.910. The Morgan fingerprint density at radius 3 is 2.75 bits per heavy atom. The molecular formula is C14H24N2O3S. The van der Waals surface area contributed by atoms with Crippen molar-refractivity contribution in [3.63, 3.8) is 0 Å². The molecule has 0 spiro atoms. The van der Waals surface area contributed by atoms with Crippen molar-refractivity contribution in [1.29, 1.82) is 0 Å². The van der Waals surface area contributed by atoms with E-state index in [4.69, 9.17) is 5.11 Å². The minimum absolute atomic E-state index is 0.0808. The summed E-state index contributed by atoms with van der Waals surface area (Å²) >= 11 is 1.87. The van der Waals surface area contributed by atoms with Gasteiger partial charge in [0.15, 0.2) is 0 Å². The van der Waals surface area contributed by atoms with Gasteiger partial charge in [0.05, 0.1) is 5.92 Å². The molecule has 20 heavy (non-hydrogen) atoms. The average molecular weight is 300 g/mol.